The maximum atomic E-state index is 13.0. The standard InChI is InChI=1S/C19H14F6N2O3/c1-17(29,10-30-14-6-3-12(4-7-14)18(20,21)22)16(28)27-13-5-2-11(9-26)15(8-13)19(23,24)25/h2-8,29H,10H2,1H3,(H,27,28). The summed E-state index contributed by atoms with van der Waals surface area (Å²) >= 11 is 0. The van der Waals surface area contributed by atoms with E-state index >= 15 is 0 Å². The van der Waals surface area contributed by atoms with Crippen molar-refractivity contribution in [3.8, 4) is 11.8 Å². The third-order valence-electron chi connectivity index (χ3n) is 3.89. The molecule has 0 aromatic heterocycles. The average Bonchev–Trinajstić information content (AvgIpc) is 2.65. The molecule has 2 aromatic carbocycles. The van der Waals surface area contributed by atoms with Gasteiger partial charge in [-0.3, -0.25) is 4.79 Å². The van der Waals surface area contributed by atoms with Crippen LogP contribution in [-0.4, -0.2) is 23.2 Å². The van der Waals surface area contributed by atoms with Crippen LogP contribution in [0.2, 0.25) is 0 Å². The molecular weight excluding hydrogens is 418 g/mol. The minimum atomic E-state index is -4.83. The fraction of sp³-hybridized carbons (Fsp3) is 0.263. The highest BCUT2D eigenvalue weighted by Gasteiger charge is 2.35. The third kappa shape index (κ3) is 5.64. The van der Waals surface area contributed by atoms with Crippen LogP contribution in [0.15, 0.2) is 42.5 Å². The highest BCUT2D eigenvalue weighted by Crippen LogP contribution is 2.34. The topological polar surface area (TPSA) is 82.3 Å². The van der Waals surface area contributed by atoms with Gasteiger partial charge in [-0.15, -0.1) is 0 Å². The number of hydrogen-bond acceptors (Lipinski definition) is 4. The SMILES string of the molecule is CC(O)(COc1ccc(C(F)(F)F)cc1)C(=O)Nc1ccc(C#N)c(C(F)(F)F)c1. The summed E-state index contributed by atoms with van der Waals surface area (Å²) in [6.07, 6.45) is -9.37. The molecule has 2 rings (SSSR count). The van der Waals surface area contributed by atoms with Gasteiger partial charge in [0.05, 0.1) is 22.8 Å². The van der Waals surface area contributed by atoms with E-state index in [1.54, 1.807) is 0 Å². The maximum Gasteiger partial charge on any atom is 0.417 e. The van der Waals surface area contributed by atoms with Crippen molar-refractivity contribution in [2.45, 2.75) is 24.9 Å². The lowest BCUT2D eigenvalue weighted by molar-refractivity contribution is -0.138. The molecule has 0 radical (unpaired) electrons. The Morgan fingerprint density at radius 2 is 1.67 bits per heavy atom. The molecule has 11 heteroatoms. The Bertz CT molecular complexity index is 960. The molecule has 0 saturated carbocycles. The quantitative estimate of drug-likeness (QED) is 0.688. The zero-order valence-electron chi connectivity index (χ0n) is 15.2. The van der Waals surface area contributed by atoms with Gasteiger partial charge in [-0.2, -0.15) is 31.6 Å². The number of nitrogens with one attached hydrogen (secondary N) is 1. The van der Waals surface area contributed by atoms with Crippen molar-refractivity contribution in [3.63, 3.8) is 0 Å². The summed E-state index contributed by atoms with van der Waals surface area (Å²) in [7, 11) is 0. The van der Waals surface area contributed by atoms with Gasteiger partial charge >= 0.3 is 12.4 Å². The van der Waals surface area contributed by atoms with Crippen molar-refractivity contribution in [2.24, 2.45) is 0 Å². The van der Waals surface area contributed by atoms with E-state index < -0.39 is 47.2 Å². The molecule has 0 fully saturated rings. The second-order valence-electron chi connectivity index (χ2n) is 6.41. The number of amides is 1. The largest absolute Gasteiger partial charge is 0.490 e. The molecular formula is C19H14F6N2O3. The lowest BCUT2D eigenvalue weighted by atomic mass is 10.1. The monoisotopic (exact) mass is 432 g/mol. The molecule has 0 bridgehead atoms. The molecule has 1 atom stereocenters. The predicted molar refractivity (Wildman–Crippen MR) is 92.4 cm³/mol. The summed E-state index contributed by atoms with van der Waals surface area (Å²) in [5.41, 5.74) is -5.36. The van der Waals surface area contributed by atoms with E-state index in [9.17, 15) is 36.2 Å². The molecule has 2 N–H and O–H groups in total. The number of aliphatic hydroxyl groups is 1. The molecule has 0 aliphatic carbocycles. The Hall–Kier alpha value is -3.26. The van der Waals surface area contributed by atoms with Crippen LogP contribution in [0.1, 0.15) is 23.6 Å². The summed E-state index contributed by atoms with van der Waals surface area (Å²) in [5, 5.41) is 21.1. The second kappa shape index (κ2) is 8.23. The molecule has 30 heavy (non-hydrogen) atoms. The van der Waals surface area contributed by atoms with E-state index in [-0.39, 0.29) is 11.4 Å². The second-order valence-corrected chi connectivity index (χ2v) is 6.41. The molecule has 0 aliphatic heterocycles. The normalized spacial score (nSPS) is 13.8. The van der Waals surface area contributed by atoms with Crippen molar-refractivity contribution in [2.75, 3.05) is 11.9 Å². The number of hydrogen-bond donors (Lipinski definition) is 2. The van der Waals surface area contributed by atoms with Gasteiger partial charge in [0.2, 0.25) is 0 Å². The number of nitrogens with zero attached hydrogens (tertiary/aromatic N) is 1. The van der Waals surface area contributed by atoms with Crippen LogP contribution in [0.3, 0.4) is 0 Å². The van der Waals surface area contributed by atoms with Crippen molar-refractivity contribution >= 4 is 11.6 Å². The number of nitriles is 1. The number of rotatable bonds is 5. The Labute approximate surface area is 166 Å². The van der Waals surface area contributed by atoms with Gasteiger partial charge < -0.3 is 15.2 Å². The van der Waals surface area contributed by atoms with E-state index in [4.69, 9.17) is 10.00 Å². The van der Waals surface area contributed by atoms with E-state index in [1.165, 1.54) is 6.07 Å². The number of carbonyl (C=O) groups excluding carboxylic acids is 1. The van der Waals surface area contributed by atoms with Crippen LogP contribution in [0.4, 0.5) is 32.0 Å². The Morgan fingerprint density at radius 3 is 2.17 bits per heavy atom. The minimum absolute atomic E-state index is 0.0613. The van der Waals surface area contributed by atoms with E-state index in [2.05, 4.69) is 5.32 Å². The number of benzene rings is 2. The minimum Gasteiger partial charge on any atom is -0.490 e. The molecule has 5 nitrogen and oxygen atoms in total. The van der Waals surface area contributed by atoms with Gasteiger partial charge in [0.15, 0.2) is 5.60 Å². The van der Waals surface area contributed by atoms with Crippen LogP contribution >= 0.6 is 0 Å². The zero-order chi connectivity index (χ0) is 22.7. The number of halogens is 6. The number of carbonyl (C=O) groups is 1. The first-order valence-electron chi connectivity index (χ1n) is 8.19. The van der Waals surface area contributed by atoms with Gasteiger partial charge in [-0.05, 0) is 49.4 Å². The molecule has 2 aromatic rings. The highest BCUT2D eigenvalue weighted by molar-refractivity contribution is 5.97. The van der Waals surface area contributed by atoms with Crippen molar-refractivity contribution < 1.29 is 41.0 Å². The number of ether oxygens (including phenoxy) is 1. The molecule has 160 valence electrons. The molecule has 0 aliphatic rings. The lowest BCUT2D eigenvalue weighted by Gasteiger charge is -2.23. The fourth-order valence-electron chi connectivity index (χ4n) is 2.25. The van der Waals surface area contributed by atoms with Crippen LogP contribution in [-0.2, 0) is 17.1 Å². The van der Waals surface area contributed by atoms with Crippen LogP contribution in [0.25, 0.3) is 0 Å². The Balaban J connectivity index is 2.08. The van der Waals surface area contributed by atoms with Gasteiger partial charge in [0, 0.05) is 5.69 Å². The molecule has 1 amide bonds. The summed E-state index contributed by atoms with van der Waals surface area (Å²) in [4.78, 5) is 12.2. The number of anilines is 1. The van der Waals surface area contributed by atoms with Gasteiger partial charge in [0.25, 0.3) is 5.91 Å². The molecule has 1 unspecified atom stereocenters. The van der Waals surface area contributed by atoms with Gasteiger partial charge in [-0.1, -0.05) is 0 Å². The van der Waals surface area contributed by atoms with Gasteiger partial charge in [0.1, 0.15) is 12.4 Å². The number of alkyl halides is 6. The maximum absolute atomic E-state index is 13.0. The van der Waals surface area contributed by atoms with Crippen molar-refractivity contribution in [1.82, 2.24) is 0 Å². The van der Waals surface area contributed by atoms with Gasteiger partial charge in [-0.25, -0.2) is 0 Å². The summed E-state index contributed by atoms with van der Waals surface area (Å²) < 4.78 is 81.7. The molecule has 0 spiro atoms. The smallest absolute Gasteiger partial charge is 0.417 e. The first kappa shape index (κ1) is 23.0. The van der Waals surface area contributed by atoms with Crippen LogP contribution < -0.4 is 10.1 Å². The first-order valence-corrected chi connectivity index (χ1v) is 8.19. The van der Waals surface area contributed by atoms with Crippen LogP contribution in [0.5, 0.6) is 5.75 Å². The van der Waals surface area contributed by atoms with Crippen molar-refractivity contribution in [1.29, 1.82) is 5.26 Å². The summed E-state index contributed by atoms with van der Waals surface area (Å²) in [6, 6.07) is 7.34. The first-order chi connectivity index (χ1) is 13.7. The Kier molecular flexibility index (Phi) is 6.32. The molecule has 0 heterocycles. The fourth-order valence-corrected chi connectivity index (χ4v) is 2.25. The third-order valence-corrected chi connectivity index (χ3v) is 3.89. The van der Waals surface area contributed by atoms with E-state index in [0.717, 1.165) is 43.3 Å². The van der Waals surface area contributed by atoms with E-state index in [1.807, 2.05) is 0 Å². The lowest BCUT2D eigenvalue weighted by Crippen LogP contribution is -2.45. The highest BCUT2D eigenvalue weighted by atomic mass is 19.4. The van der Waals surface area contributed by atoms with E-state index in [0.29, 0.717) is 6.07 Å². The van der Waals surface area contributed by atoms with Crippen molar-refractivity contribution in [3.05, 3.63) is 59.2 Å². The zero-order valence-corrected chi connectivity index (χ0v) is 15.2. The van der Waals surface area contributed by atoms with Crippen LogP contribution in [0, 0.1) is 11.3 Å². The molecule has 0 saturated heterocycles. The Morgan fingerprint density at radius 1 is 1.07 bits per heavy atom. The average molecular weight is 432 g/mol. The summed E-state index contributed by atoms with van der Waals surface area (Å²) in [6.45, 7) is 0.327. The summed E-state index contributed by atoms with van der Waals surface area (Å²) in [5.74, 6) is -1.18. The predicted octanol–water partition coefficient (Wildman–Crippen LogP) is 4.36.